The van der Waals surface area contributed by atoms with Gasteiger partial charge in [-0.25, -0.2) is 14.6 Å². The number of imidazole rings is 1. The van der Waals surface area contributed by atoms with Crippen LogP contribution in [0.15, 0.2) is 42.1 Å². The number of hydrogen-bond acceptors (Lipinski definition) is 8. The molecule has 0 bridgehead atoms. The van der Waals surface area contributed by atoms with Crippen LogP contribution in [0.1, 0.15) is 43.3 Å². The lowest BCUT2D eigenvalue weighted by molar-refractivity contribution is -0.139. The number of aromatic nitrogens is 2. The summed E-state index contributed by atoms with van der Waals surface area (Å²) in [6.07, 6.45) is 3.93. The Kier molecular flexibility index (Phi) is 8.28. The third-order valence-electron chi connectivity index (χ3n) is 6.38. The molecule has 1 aromatic heterocycles. The second-order valence-electron chi connectivity index (χ2n) is 8.87. The Bertz CT molecular complexity index is 1410. The standard InChI is InChI=1S/C28H30N2O9/c1-5-16(2)27-29-13-19(30(27)21-7-6-20(35-3)11-23(21)37-14-26(31)32)9-18(28(33)34)8-17-10-24-25(39-15-38-24)12-22(17)36-4/h6-7,9-13,16H,5,8,14-15H2,1-4H3,(H,31,32)(H,33,34). The minimum atomic E-state index is -1.14. The van der Waals surface area contributed by atoms with Gasteiger partial charge in [-0.1, -0.05) is 13.8 Å². The third-order valence-corrected chi connectivity index (χ3v) is 6.38. The maximum Gasteiger partial charge on any atom is 0.341 e. The van der Waals surface area contributed by atoms with Crippen LogP contribution in [0.25, 0.3) is 11.8 Å². The topological polar surface area (TPSA) is 139 Å². The van der Waals surface area contributed by atoms with Crippen molar-refractivity contribution >= 4 is 18.0 Å². The summed E-state index contributed by atoms with van der Waals surface area (Å²) >= 11 is 0. The van der Waals surface area contributed by atoms with Gasteiger partial charge < -0.3 is 33.9 Å². The zero-order valence-electron chi connectivity index (χ0n) is 22.1. The molecule has 0 aliphatic carbocycles. The first-order valence-corrected chi connectivity index (χ1v) is 12.3. The zero-order chi connectivity index (χ0) is 28.1. The highest BCUT2D eigenvalue weighted by molar-refractivity contribution is 5.92. The second kappa shape index (κ2) is 11.8. The van der Waals surface area contributed by atoms with Gasteiger partial charge in [-0.2, -0.15) is 0 Å². The monoisotopic (exact) mass is 538 g/mol. The largest absolute Gasteiger partial charge is 0.497 e. The van der Waals surface area contributed by atoms with Crippen molar-refractivity contribution in [2.45, 2.75) is 32.6 Å². The zero-order valence-corrected chi connectivity index (χ0v) is 22.1. The van der Waals surface area contributed by atoms with Gasteiger partial charge in [0.15, 0.2) is 18.1 Å². The summed E-state index contributed by atoms with van der Waals surface area (Å²) in [5.41, 5.74) is 1.67. The molecule has 11 nitrogen and oxygen atoms in total. The van der Waals surface area contributed by atoms with Gasteiger partial charge in [-0.05, 0) is 30.7 Å². The van der Waals surface area contributed by atoms with Crippen LogP contribution in [0.4, 0.5) is 0 Å². The van der Waals surface area contributed by atoms with E-state index in [1.807, 2.05) is 13.8 Å². The van der Waals surface area contributed by atoms with Gasteiger partial charge in [-0.15, -0.1) is 0 Å². The highest BCUT2D eigenvalue weighted by atomic mass is 16.7. The van der Waals surface area contributed by atoms with E-state index in [2.05, 4.69) is 4.98 Å². The van der Waals surface area contributed by atoms with E-state index in [1.54, 1.807) is 41.1 Å². The number of ether oxygens (including phenoxy) is 5. The Morgan fingerprint density at radius 1 is 1.10 bits per heavy atom. The van der Waals surface area contributed by atoms with E-state index in [4.69, 9.17) is 23.7 Å². The van der Waals surface area contributed by atoms with Crippen LogP contribution in [0.2, 0.25) is 0 Å². The van der Waals surface area contributed by atoms with Crippen LogP contribution >= 0.6 is 0 Å². The lowest BCUT2D eigenvalue weighted by atomic mass is 10.0. The van der Waals surface area contributed by atoms with Crippen molar-refractivity contribution in [3.8, 4) is 34.4 Å². The summed E-state index contributed by atoms with van der Waals surface area (Å²) in [5.74, 6) is 0.653. The normalized spacial score (nSPS) is 13.2. The minimum Gasteiger partial charge on any atom is -0.497 e. The smallest absolute Gasteiger partial charge is 0.341 e. The molecular formula is C28H30N2O9. The van der Waals surface area contributed by atoms with E-state index in [1.165, 1.54) is 20.3 Å². The summed E-state index contributed by atoms with van der Waals surface area (Å²) in [7, 11) is 3.00. The third kappa shape index (κ3) is 5.92. The number of carboxylic acid groups (broad SMARTS) is 2. The molecule has 0 radical (unpaired) electrons. The quantitative estimate of drug-likeness (QED) is 0.321. The maximum atomic E-state index is 12.4. The van der Waals surface area contributed by atoms with Crippen molar-refractivity contribution in [1.82, 2.24) is 9.55 Å². The predicted molar refractivity (Wildman–Crippen MR) is 140 cm³/mol. The number of carbonyl (C=O) groups is 2. The number of methoxy groups -OCH3 is 2. The van der Waals surface area contributed by atoms with Crippen LogP contribution in [-0.2, 0) is 16.0 Å². The Morgan fingerprint density at radius 2 is 1.85 bits per heavy atom. The van der Waals surface area contributed by atoms with Gasteiger partial charge in [-0.3, -0.25) is 4.57 Å². The number of hydrogen-bond donors (Lipinski definition) is 2. The SMILES string of the molecule is CCC(C)c1ncc(C=C(Cc2cc3c(cc2OC)OCO3)C(=O)O)n1-c1ccc(OC)cc1OCC(=O)O. The molecule has 0 amide bonds. The first-order valence-electron chi connectivity index (χ1n) is 12.3. The first-order chi connectivity index (χ1) is 18.7. The number of aliphatic carboxylic acids is 2. The molecule has 39 heavy (non-hydrogen) atoms. The fourth-order valence-corrected chi connectivity index (χ4v) is 4.20. The molecule has 1 unspecified atom stereocenters. The molecular weight excluding hydrogens is 508 g/mol. The fraction of sp³-hybridized carbons (Fsp3) is 0.321. The average molecular weight is 539 g/mol. The number of nitrogens with zero attached hydrogens (tertiary/aromatic N) is 2. The molecule has 1 aliphatic rings. The second-order valence-corrected chi connectivity index (χ2v) is 8.87. The van der Waals surface area contributed by atoms with Gasteiger partial charge >= 0.3 is 11.9 Å². The fourth-order valence-electron chi connectivity index (χ4n) is 4.20. The van der Waals surface area contributed by atoms with Crippen LogP contribution < -0.4 is 23.7 Å². The Labute approximate surface area is 225 Å². The number of rotatable bonds is 12. The van der Waals surface area contributed by atoms with Crippen molar-refractivity contribution < 1.29 is 43.5 Å². The van der Waals surface area contributed by atoms with E-state index in [-0.39, 0.29) is 30.5 Å². The van der Waals surface area contributed by atoms with Crippen LogP contribution in [0.5, 0.6) is 28.7 Å². The molecule has 0 fully saturated rings. The van der Waals surface area contributed by atoms with Crippen molar-refractivity contribution in [3.63, 3.8) is 0 Å². The molecule has 11 heteroatoms. The summed E-state index contributed by atoms with van der Waals surface area (Å²) in [5, 5.41) is 19.3. The lowest BCUT2D eigenvalue weighted by Gasteiger charge is -2.18. The van der Waals surface area contributed by atoms with Crippen LogP contribution in [0, 0.1) is 0 Å². The van der Waals surface area contributed by atoms with Crippen molar-refractivity contribution in [2.75, 3.05) is 27.6 Å². The summed E-state index contributed by atoms with van der Waals surface area (Å²) in [4.78, 5) is 28.3. The summed E-state index contributed by atoms with van der Waals surface area (Å²) in [6.45, 7) is 3.53. The van der Waals surface area contributed by atoms with Gasteiger partial charge in [0.05, 0.1) is 31.8 Å². The molecule has 4 rings (SSSR count). The van der Waals surface area contributed by atoms with Crippen molar-refractivity contribution in [1.29, 1.82) is 0 Å². The molecule has 0 saturated carbocycles. The van der Waals surface area contributed by atoms with E-state index >= 15 is 0 Å². The molecule has 1 aliphatic heterocycles. The molecule has 0 saturated heterocycles. The Balaban J connectivity index is 1.84. The molecule has 2 heterocycles. The Morgan fingerprint density at radius 3 is 2.49 bits per heavy atom. The highest BCUT2D eigenvalue weighted by Crippen LogP contribution is 2.39. The van der Waals surface area contributed by atoms with Crippen LogP contribution in [0.3, 0.4) is 0 Å². The molecule has 2 aromatic carbocycles. The van der Waals surface area contributed by atoms with Crippen LogP contribution in [-0.4, -0.2) is 59.3 Å². The molecule has 206 valence electrons. The van der Waals surface area contributed by atoms with E-state index in [9.17, 15) is 19.8 Å². The van der Waals surface area contributed by atoms with Gasteiger partial charge in [0.25, 0.3) is 0 Å². The number of benzene rings is 2. The first kappa shape index (κ1) is 27.4. The Hall–Kier alpha value is -4.67. The van der Waals surface area contributed by atoms with E-state index in [0.29, 0.717) is 45.8 Å². The molecule has 3 aromatic rings. The minimum absolute atomic E-state index is 0.00353. The van der Waals surface area contributed by atoms with E-state index in [0.717, 1.165) is 6.42 Å². The highest BCUT2D eigenvalue weighted by Gasteiger charge is 2.23. The number of fused-ring (bicyclic) bond motifs is 1. The van der Waals surface area contributed by atoms with E-state index < -0.39 is 18.5 Å². The van der Waals surface area contributed by atoms with Crippen molar-refractivity contribution in [3.05, 3.63) is 59.2 Å². The molecule has 0 spiro atoms. The molecule has 1 atom stereocenters. The van der Waals surface area contributed by atoms with Gasteiger partial charge in [0.2, 0.25) is 6.79 Å². The average Bonchev–Trinajstić information content (AvgIpc) is 3.56. The lowest BCUT2D eigenvalue weighted by Crippen LogP contribution is -2.13. The van der Waals surface area contributed by atoms with Crippen molar-refractivity contribution in [2.24, 2.45) is 0 Å². The maximum absolute atomic E-state index is 12.4. The van der Waals surface area contributed by atoms with Gasteiger partial charge in [0, 0.05) is 35.6 Å². The molecule has 2 N–H and O–H groups in total. The summed E-state index contributed by atoms with van der Waals surface area (Å²) < 4.78 is 29.0. The summed E-state index contributed by atoms with van der Waals surface area (Å²) in [6, 6.07) is 8.41. The van der Waals surface area contributed by atoms with Gasteiger partial charge in [0.1, 0.15) is 23.1 Å². The predicted octanol–water partition coefficient (Wildman–Crippen LogP) is 4.31. The number of carboxylic acids is 2.